The molecule has 0 aromatic heterocycles. The minimum absolute atomic E-state index is 0.0321. The number of aromatic hydroxyl groups is 2. The number of ketones is 1. The first kappa shape index (κ1) is 19.9. The van der Waals surface area contributed by atoms with Gasteiger partial charge in [0.1, 0.15) is 11.5 Å². The average Bonchev–Trinajstić information content (AvgIpc) is 2.60. The molecule has 0 unspecified atom stereocenters. The zero-order valence-corrected chi connectivity index (χ0v) is 18.3. The molecule has 0 bridgehead atoms. The summed E-state index contributed by atoms with van der Waals surface area (Å²) < 4.78 is 1.23. The Bertz CT molecular complexity index is 910. The lowest BCUT2D eigenvalue weighted by atomic mass is 9.86. The van der Waals surface area contributed by atoms with Crippen LogP contribution in [0.1, 0.15) is 41.5 Å². The Morgan fingerprint density at radius 1 is 0.815 bits per heavy atom. The second-order valence-corrected chi connectivity index (χ2v) is 8.60. The van der Waals surface area contributed by atoms with Gasteiger partial charge in [0.25, 0.3) is 0 Å². The van der Waals surface area contributed by atoms with Crippen molar-refractivity contribution in [1.29, 1.82) is 0 Å². The molecule has 1 fully saturated rings. The second kappa shape index (κ2) is 8.03. The lowest BCUT2D eigenvalue weighted by Crippen LogP contribution is -2.12. The number of hydrogen-bond donors (Lipinski definition) is 2. The highest BCUT2D eigenvalue weighted by Gasteiger charge is 2.22. The molecule has 140 valence electrons. The van der Waals surface area contributed by atoms with Gasteiger partial charge in [-0.3, -0.25) is 4.79 Å². The molecule has 0 heterocycles. The summed E-state index contributed by atoms with van der Waals surface area (Å²) in [4.78, 5) is 13.0. The molecule has 0 amide bonds. The van der Waals surface area contributed by atoms with Crippen LogP contribution in [-0.4, -0.2) is 16.0 Å². The van der Waals surface area contributed by atoms with E-state index in [4.69, 9.17) is 0 Å². The Kier molecular flexibility index (Phi) is 5.92. The van der Waals surface area contributed by atoms with Gasteiger partial charge in [0.2, 0.25) is 0 Å². The normalized spacial score (nSPS) is 17.7. The predicted molar refractivity (Wildman–Crippen MR) is 116 cm³/mol. The predicted octanol–water partition coefficient (Wildman–Crippen LogP) is 6.46. The fourth-order valence-electron chi connectivity index (χ4n) is 3.30. The Morgan fingerprint density at radius 3 is 1.63 bits per heavy atom. The zero-order valence-electron chi connectivity index (χ0n) is 15.1. The molecule has 3 nitrogen and oxygen atoms in total. The van der Waals surface area contributed by atoms with Gasteiger partial charge < -0.3 is 10.2 Å². The van der Waals surface area contributed by atoms with E-state index in [9.17, 15) is 15.0 Å². The van der Waals surface area contributed by atoms with Gasteiger partial charge in [0.05, 0.1) is 8.95 Å². The number of rotatable bonds is 2. The largest absolute Gasteiger partial charge is 0.506 e. The maximum Gasteiger partial charge on any atom is 0.185 e. The summed E-state index contributed by atoms with van der Waals surface area (Å²) in [6, 6.07) is 7.40. The summed E-state index contributed by atoms with van der Waals surface area (Å²) >= 11 is 6.69. The summed E-state index contributed by atoms with van der Waals surface area (Å²) in [6.07, 6.45) is 5.74. The van der Waals surface area contributed by atoms with Crippen molar-refractivity contribution < 1.29 is 15.0 Å². The first-order chi connectivity index (χ1) is 12.8. The van der Waals surface area contributed by atoms with Crippen LogP contribution in [-0.2, 0) is 4.79 Å². The van der Waals surface area contributed by atoms with Gasteiger partial charge in [0.15, 0.2) is 5.78 Å². The third-order valence-corrected chi connectivity index (χ3v) is 5.82. The van der Waals surface area contributed by atoms with Gasteiger partial charge in [0, 0.05) is 22.3 Å². The van der Waals surface area contributed by atoms with Crippen LogP contribution in [0.4, 0.5) is 0 Å². The molecular formula is C22H20Br2O3. The summed E-state index contributed by atoms with van der Waals surface area (Å²) in [5.41, 5.74) is 4.61. The molecule has 0 saturated heterocycles. The molecule has 0 atom stereocenters. The van der Waals surface area contributed by atoms with Crippen molar-refractivity contribution >= 4 is 49.8 Å². The van der Waals surface area contributed by atoms with Crippen molar-refractivity contribution in [2.75, 3.05) is 0 Å². The Morgan fingerprint density at radius 2 is 1.22 bits per heavy atom. The number of allylic oxidation sites excluding steroid dienone is 2. The fraction of sp³-hybridized carbons (Fsp3) is 0.227. The van der Waals surface area contributed by atoms with Gasteiger partial charge in [-0.1, -0.05) is 0 Å². The monoisotopic (exact) mass is 490 g/mol. The van der Waals surface area contributed by atoms with Crippen LogP contribution in [0.25, 0.3) is 12.2 Å². The third kappa shape index (κ3) is 4.36. The van der Waals surface area contributed by atoms with Gasteiger partial charge in [-0.25, -0.2) is 0 Å². The number of carbonyl (C=O) groups is 1. The molecule has 1 aliphatic rings. The van der Waals surface area contributed by atoms with Crippen LogP contribution >= 0.6 is 31.9 Å². The number of halogens is 2. The number of carbonyl (C=O) groups excluding carboxylic acids is 1. The van der Waals surface area contributed by atoms with Gasteiger partial charge in [-0.15, -0.1) is 0 Å². The first-order valence-corrected chi connectivity index (χ1v) is 10.3. The summed E-state index contributed by atoms with van der Waals surface area (Å²) in [6.45, 7) is 3.89. The van der Waals surface area contributed by atoms with E-state index in [1.807, 2.05) is 38.1 Å². The molecule has 27 heavy (non-hydrogen) atoms. The van der Waals surface area contributed by atoms with Gasteiger partial charge in [-0.05, 0) is 113 Å². The number of benzene rings is 2. The Hall–Kier alpha value is -1.85. The number of Topliss-reactive ketones (excluding diaryl/α,β-unsaturated/α-hetero) is 1. The standard InChI is InChI=1S/C22H20Br2O3/c1-12-6-16(21(26)18(23)8-12)10-14-4-3-5-15(20(14)25)11-17-7-13(2)9-19(24)22(17)27/h6-11,26-27H,3-5H2,1-2H3. The molecule has 5 heteroatoms. The molecule has 2 aromatic carbocycles. The summed E-state index contributed by atoms with van der Waals surface area (Å²) in [5, 5.41) is 20.6. The van der Waals surface area contributed by atoms with Crippen LogP contribution in [0.3, 0.4) is 0 Å². The molecule has 0 spiro atoms. The number of aryl methyl sites for hydroxylation is 2. The van der Waals surface area contributed by atoms with Crippen LogP contribution in [0.5, 0.6) is 11.5 Å². The van der Waals surface area contributed by atoms with E-state index >= 15 is 0 Å². The second-order valence-electron chi connectivity index (χ2n) is 6.89. The van der Waals surface area contributed by atoms with Crippen molar-refractivity contribution in [2.45, 2.75) is 33.1 Å². The van der Waals surface area contributed by atoms with E-state index in [-0.39, 0.29) is 17.3 Å². The molecule has 1 saturated carbocycles. The maximum atomic E-state index is 13.0. The average molecular weight is 492 g/mol. The zero-order chi connectivity index (χ0) is 19.7. The van der Waals surface area contributed by atoms with Gasteiger partial charge in [-0.2, -0.15) is 0 Å². The smallest absolute Gasteiger partial charge is 0.185 e. The van der Waals surface area contributed by atoms with Gasteiger partial charge >= 0.3 is 0 Å². The molecule has 0 aliphatic heterocycles. The Balaban J connectivity index is 2.00. The fourth-order valence-corrected chi connectivity index (χ4v) is 4.48. The van der Waals surface area contributed by atoms with Crippen LogP contribution in [0, 0.1) is 13.8 Å². The summed E-state index contributed by atoms with van der Waals surface area (Å²) in [5.74, 6) is 0.241. The summed E-state index contributed by atoms with van der Waals surface area (Å²) in [7, 11) is 0. The molecule has 1 aliphatic carbocycles. The Labute approximate surface area is 175 Å². The van der Waals surface area contributed by atoms with Crippen molar-refractivity contribution in [2.24, 2.45) is 0 Å². The van der Waals surface area contributed by atoms with Crippen LogP contribution in [0.15, 0.2) is 44.4 Å². The number of phenols is 2. The lowest BCUT2D eigenvalue weighted by molar-refractivity contribution is -0.112. The van der Waals surface area contributed by atoms with Crippen LogP contribution in [0.2, 0.25) is 0 Å². The highest BCUT2D eigenvalue weighted by Crippen LogP contribution is 2.36. The molecule has 2 N–H and O–H groups in total. The van der Waals surface area contributed by atoms with Crippen molar-refractivity contribution in [3.05, 3.63) is 66.6 Å². The molecule has 2 aromatic rings. The molecular weight excluding hydrogens is 472 g/mol. The highest BCUT2D eigenvalue weighted by atomic mass is 79.9. The number of phenolic OH excluding ortho intramolecular Hbond substituents is 2. The van der Waals surface area contributed by atoms with E-state index in [0.29, 0.717) is 44.1 Å². The van der Waals surface area contributed by atoms with Crippen molar-refractivity contribution in [3.63, 3.8) is 0 Å². The van der Waals surface area contributed by atoms with E-state index in [1.54, 1.807) is 12.2 Å². The first-order valence-electron chi connectivity index (χ1n) is 8.70. The maximum absolute atomic E-state index is 13.0. The minimum atomic E-state index is -0.0321. The highest BCUT2D eigenvalue weighted by molar-refractivity contribution is 9.10. The minimum Gasteiger partial charge on any atom is -0.506 e. The molecule has 3 rings (SSSR count). The van der Waals surface area contributed by atoms with E-state index < -0.39 is 0 Å². The van der Waals surface area contributed by atoms with E-state index in [2.05, 4.69) is 31.9 Å². The lowest BCUT2D eigenvalue weighted by Gasteiger charge is -2.17. The third-order valence-electron chi connectivity index (χ3n) is 4.61. The number of hydrogen-bond acceptors (Lipinski definition) is 3. The molecule has 0 radical (unpaired) electrons. The van der Waals surface area contributed by atoms with Crippen molar-refractivity contribution in [3.8, 4) is 11.5 Å². The SMILES string of the molecule is Cc1cc(Br)c(O)c(C=C2CCCC(=Cc3cc(C)cc(Br)c3O)C2=O)c1. The van der Waals surface area contributed by atoms with Crippen molar-refractivity contribution in [1.82, 2.24) is 0 Å². The van der Waals surface area contributed by atoms with Crippen LogP contribution < -0.4 is 0 Å². The quantitative estimate of drug-likeness (QED) is 0.474. The van der Waals surface area contributed by atoms with E-state index in [0.717, 1.165) is 17.5 Å². The van der Waals surface area contributed by atoms with E-state index in [1.165, 1.54) is 0 Å². The topological polar surface area (TPSA) is 57.5 Å².